The van der Waals surface area contributed by atoms with E-state index in [0.29, 0.717) is 0 Å². The van der Waals surface area contributed by atoms with Gasteiger partial charge in [0.25, 0.3) is 0 Å². The first-order valence-corrected chi connectivity index (χ1v) is 4.42. The Morgan fingerprint density at radius 1 is 1.40 bits per heavy atom. The fourth-order valence-corrected chi connectivity index (χ4v) is 2.40. The Kier molecular flexibility index (Phi) is 1.55. The van der Waals surface area contributed by atoms with E-state index in [-0.39, 0.29) is 0 Å². The highest BCUT2D eigenvalue weighted by atomic mass is 14.4. The molecule has 1 saturated carbocycles. The van der Waals surface area contributed by atoms with Gasteiger partial charge in [0.1, 0.15) is 0 Å². The van der Waals surface area contributed by atoms with Gasteiger partial charge in [-0.05, 0) is 37.0 Å². The first kappa shape index (κ1) is 6.45. The van der Waals surface area contributed by atoms with Crippen LogP contribution in [0.3, 0.4) is 0 Å². The Morgan fingerprint density at radius 2 is 2.30 bits per heavy atom. The number of rotatable bonds is 2. The van der Waals surface area contributed by atoms with Crippen molar-refractivity contribution in [2.24, 2.45) is 17.8 Å². The lowest BCUT2D eigenvalue weighted by Crippen LogP contribution is -2.06. The van der Waals surface area contributed by atoms with Crippen LogP contribution in [0.15, 0.2) is 12.2 Å². The van der Waals surface area contributed by atoms with Crippen molar-refractivity contribution in [3.63, 3.8) is 0 Å². The third kappa shape index (κ3) is 0.902. The minimum atomic E-state index is 0.921. The van der Waals surface area contributed by atoms with Crippen LogP contribution >= 0.6 is 0 Å². The number of fused-ring (bicyclic) bond motifs is 2. The highest BCUT2D eigenvalue weighted by Crippen LogP contribution is 2.44. The van der Waals surface area contributed by atoms with Crippen molar-refractivity contribution in [1.82, 2.24) is 0 Å². The predicted molar refractivity (Wildman–Crippen MR) is 43.4 cm³/mol. The molecule has 0 aliphatic heterocycles. The highest BCUT2D eigenvalue weighted by molar-refractivity contribution is 5.12. The van der Waals surface area contributed by atoms with Gasteiger partial charge in [-0.15, -0.1) is 0 Å². The van der Waals surface area contributed by atoms with Crippen LogP contribution in [0.2, 0.25) is 0 Å². The molecule has 0 spiro atoms. The molecule has 0 N–H and O–H groups in total. The van der Waals surface area contributed by atoms with Gasteiger partial charge in [-0.3, -0.25) is 0 Å². The molecule has 55 valence electrons. The van der Waals surface area contributed by atoms with Crippen molar-refractivity contribution >= 4 is 0 Å². The Hall–Kier alpha value is -0.260. The first-order valence-electron chi connectivity index (χ1n) is 4.42. The standard InChI is InChI=1S/C10H15/c1-2-3-9-6-8-4-5-10(9)7-8/h3-5,8-10H,2,6-7H2,1H3. The molecule has 2 rings (SSSR count). The second kappa shape index (κ2) is 2.41. The Bertz CT molecular complexity index is 146. The van der Waals surface area contributed by atoms with Crippen molar-refractivity contribution in [2.75, 3.05) is 0 Å². The Balaban J connectivity index is 1.96. The summed E-state index contributed by atoms with van der Waals surface area (Å²) in [6.07, 6.45) is 11.5. The van der Waals surface area contributed by atoms with Crippen LogP contribution in [0, 0.1) is 24.2 Å². The lowest BCUT2D eigenvalue weighted by atomic mass is 9.90. The lowest BCUT2D eigenvalue weighted by Gasteiger charge is -2.15. The summed E-state index contributed by atoms with van der Waals surface area (Å²) >= 11 is 0. The van der Waals surface area contributed by atoms with E-state index in [2.05, 4.69) is 25.5 Å². The smallest absolute Gasteiger partial charge is 0.0196 e. The highest BCUT2D eigenvalue weighted by Gasteiger charge is 2.34. The Labute approximate surface area is 63.3 Å². The normalized spacial score (nSPS) is 43.1. The minimum Gasteiger partial charge on any atom is -0.0851 e. The van der Waals surface area contributed by atoms with E-state index in [1.54, 1.807) is 0 Å². The molecule has 10 heavy (non-hydrogen) atoms. The molecule has 2 bridgehead atoms. The minimum absolute atomic E-state index is 0.921. The van der Waals surface area contributed by atoms with E-state index < -0.39 is 0 Å². The van der Waals surface area contributed by atoms with Crippen molar-refractivity contribution in [3.8, 4) is 0 Å². The summed E-state index contributed by atoms with van der Waals surface area (Å²) in [5, 5.41) is 0. The number of hydrogen-bond acceptors (Lipinski definition) is 0. The van der Waals surface area contributed by atoms with Crippen molar-refractivity contribution < 1.29 is 0 Å². The molecule has 3 unspecified atom stereocenters. The van der Waals surface area contributed by atoms with E-state index in [1.807, 2.05) is 0 Å². The van der Waals surface area contributed by atoms with Gasteiger partial charge < -0.3 is 0 Å². The van der Waals surface area contributed by atoms with Crippen LogP contribution in [0.5, 0.6) is 0 Å². The third-order valence-corrected chi connectivity index (χ3v) is 2.87. The molecule has 0 aromatic heterocycles. The van der Waals surface area contributed by atoms with Gasteiger partial charge >= 0.3 is 0 Å². The number of allylic oxidation sites excluding steroid dienone is 2. The van der Waals surface area contributed by atoms with Gasteiger partial charge in [-0.25, -0.2) is 0 Å². The zero-order valence-corrected chi connectivity index (χ0v) is 6.59. The monoisotopic (exact) mass is 135 g/mol. The predicted octanol–water partition coefficient (Wildman–Crippen LogP) is 2.81. The van der Waals surface area contributed by atoms with Crippen LogP contribution in [0.4, 0.5) is 0 Å². The zero-order chi connectivity index (χ0) is 6.97. The summed E-state index contributed by atoms with van der Waals surface area (Å²) in [4.78, 5) is 0. The molecule has 0 heterocycles. The van der Waals surface area contributed by atoms with Crippen LogP contribution in [0.25, 0.3) is 0 Å². The van der Waals surface area contributed by atoms with Crippen molar-refractivity contribution in [3.05, 3.63) is 18.6 Å². The molecule has 1 radical (unpaired) electrons. The van der Waals surface area contributed by atoms with Gasteiger partial charge in [-0.2, -0.15) is 0 Å². The maximum atomic E-state index is 2.49. The summed E-state index contributed by atoms with van der Waals surface area (Å²) < 4.78 is 0. The largest absolute Gasteiger partial charge is 0.0851 e. The summed E-state index contributed by atoms with van der Waals surface area (Å²) in [5.41, 5.74) is 0. The summed E-state index contributed by atoms with van der Waals surface area (Å²) in [5.74, 6) is 2.79. The molecule has 0 saturated heterocycles. The first-order chi connectivity index (χ1) is 4.90. The average Bonchev–Trinajstić information content (AvgIpc) is 2.48. The van der Waals surface area contributed by atoms with Gasteiger partial charge in [0, 0.05) is 0 Å². The second-order valence-corrected chi connectivity index (χ2v) is 3.59. The van der Waals surface area contributed by atoms with E-state index in [9.17, 15) is 0 Å². The maximum absolute atomic E-state index is 2.49. The van der Waals surface area contributed by atoms with Gasteiger partial charge in [0.05, 0.1) is 0 Å². The lowest BCUT2D eigenvalue weighted by molar-refractivity contribution is 0.500. The summed E-state index contributed by atoms with van der Waals surface area (Å²) in [6.45, 7) is 2.25. The molecule has 3 atom stereocenters. The zero-order valence-electron chi connectivity index (χ0n) is 6.59. The fourth-order valence-electron chi connectivity index (χ4n) is 2.40. The van der Waals surface area contributed by atoms with E-state index >= 15 is 0 Å². The SMILES string of the molecule is CC[CH]C1CC2C=CC1C2. The molecule has 0 aromatic carbocycles. The van der Waals surface area contributed by atoms with Crippen LogP contribution in [0.1, 0.15) is 26.2 Å². The third-order valence-electron chi connectivity index (χ3n) is 2.87. The molecular weight excluding hydrogens is 120 g/mol. The fraction of sp³-hybridized carbons (Fsp3) is 0.700. The van der Waals surface area contributed by atoms with Gasteiger partial charge in [0.2, 0.25) is 0 Å². The molecule has 2 aliphatic carbocycles. The molecule has 0 nitrogen and oxygen atoms in total. The van der Waals surface area contributed by atoms with Crippen LogP contribution in [-0.2, 0) is 0 Å². The summed E-state index contributed by atoms with van der Waals surface area (Å²) in [7, 11) is 0. The van der Waals surface area contributed by atoms with Crippen molar-refractivity contribution in [1.29, 1.82) is 0 Å². The van der Waals surface area contributed by atoms with Gasteiger partial charge in [0.15, 0.2) is 0 Å². The molecule has 0 amide bonds. The maximum Gasteiger partial charge on any atom is -0.0196 e. The van der Waals surface area contributed by atoms with Gasteiger partial charge in [-0.1, -0.05) is 25.5 Å². The van der Waals surface area contributed by atoms with E-state index in [0.717, 1.165) is 17.8 Å². The molecule has 2 aliphatic rings. The van der Waals surface area contributed by atoms with Crippen LogP contribution < -0.4 is 0 Å². The topological polar surface area (TPSA) is 0 Å². The van der Waals surface area contributed by atoms with Crippen LogP contribution in [-0.4, -0.2) is 0 Å². The number of hydrogen-bond donors (Lipinski definition) is 0. The second-order valence-electron chi connectivity index (χ2n) is 3.59. The molecule has 1 fully saturated rings. The Morgan fingerprint density at radius 3 is 2.80 bits per heavy atom. The quantitative estimate of drug-likeness (QED) is 0.511. The van der Waals surface area contributed by atoms with Crippen molar-refractivity contribution in [2.45, 2.75) is 26.2 Å². The van der Waals surface area contributed by atoms with E-state index in [1.165, 1.54) is 19.3 Å². The molecule has 0 heteroatoms. The summed E-state index contributed by atoms with van der Waals surface area (Å²) in [6, 6.07) is 0. The molecular formula is C10H15. The van der Waals surface area contributed by atoms with E-state index in [4.69, 9.17) is 0 Å². The molecule has 0 aromatic rings. The average molecular weight is 135 g/mol.